The topological polar surface area (TPSA) is 92.8 Å². The predicted molar refractivity (Wildman–Crippen MR) is 120 cm³/mol. The number of ether oxygens (including phenoxy) is 1. The van der Waals surface area contributed by atoms with Gasteiger partial charge >= 0.3 is 6.03 Å². The van der Waals surface area contributed by atoms with E-state index in [2.05, 4.69) is 5.32 Å². The number of urea groups is 1. The summed E-state index contributed by atoms with van der Waals surface area (Å²) in [7, 11) is -3.29. The van der Waals surface area contributed by atoms with Crippen molar-refractivity contribution >= 4 is 21.8 Å². The summed E-state index contributed by atoms with van der Waals surface area (Å²) in [5.74, 6) is -0.297. The Bertz CT molecular complexity index is 959. The minimum absolute atomic E-state index is 0.0171. The third-order valence-corrected chi connectivity index (χ3v) is 8.15. The van der Waals surface area contributed by atoms with Crippen LogP contribution in [0.15, 0.2) is 18.2 Å². The molecule has 1 aliphatic heterocycles. The van der Waals surface area contributed by atoms with Gasteiger partial charge in [0.25, 0.3) is 5.91 Å². The molecule has 1 N–H and O–H groups in total. The summed E-state index contributed by atoms with van der Waals surface area (Å²) in [6.07, 6.45) is 3.96. The molecule has 1 aliphatic carbocycles. The van der Waals surface area contributed by atoms with Crippen LogP contribution in [0.5, 0.6) is 5.75 Å². The average Bonchev–Trinajstić information content (AvgIpc) is 3.50. The van der Waals surface area contributed by atoms with E-state index >= 15 is 0 Å². The number of nitrogens with one attached hydrogen (secondary N) is 1. The van der Waals surface area contributed by atoms with Crippen LogP contribution in [0.1, 0.15) is 64.4 Å². The number of benzene rings is 1. The van der Waals surface area contributed by atoms with Gasteiger partial charge in [0.1, 0.15) is 5.54 Å². The molecule has 2 aliphatic rings. The van der Waals surface area contributed by atoms with Crippen LogP contribution >= 0.6 is 0 Å². The smallest absolute Gasteiger partial charge is 0.324 e. The van der Waals surface area contributed by atoms with Crippen molar-refractivity contribution in [2.75, 3.05) is 24.7 Å². The van der Waals surface area contributed by atoms with Crippen molar-refractivity contribution in [2.24, 2.45) is 5.92 Å². The number of rotatable bonds is 12. The number of imide groups is 1. The first-order valence-corrected chi connectivity index (χ1v) is 13.1. The SMILES string of the molecule is C[C@@H](CS(=O)(=O)CCCCCN1C(=O)NC(=O)C1(C)C)c1ccc(F)c(OCC2CC2)c1. The maximum Gasteiger partial charge on any atom is 0.324 e. The van der Waals surface area contributed by atoms with Gasteiger partial charge in [-0.05, 0) is 69.1 Å². The highest BCUT2D eigenvalue weighted by Crippen LogP contribution is 2.31. The highest BCUT2D eigenvalue weighted by Gasteiger charge is 2.44. The Morgan fingerprint density at radius 2 is 1.94 bits per heavy atom. The van der Waals surface area contributed by atoms with Gasteiger partial charge in [-0.2, -0.15) is 0 Å². The van der Waals surface area contributed by atoms with Gasteiger partial charge in [0, 0.05) is 6.54 Å². The molecule has 0 aromatic heterocycles. The second kappa shape index (κ2) is 9.77. The van der Waals surface area contributed by atoms with Crippen LogP contribution < -0.4 is 10.1 Å². The molecule has 32 heavy (non-hydrogen) atoms. The van der Waals surface area contributed by atoms with E-state index in [4.69, 9.17) is 4.74 Å². The van der Waals surface area contributed by atoms with Gasteiger partial charge in [0.2, 0.25) is 0 Å². The minimum atomic E-state index is -3.29. The summed E-state index contributed by atoms with van der Waals surface area (Å²) in [5, 5.41) is 2.30. The predicted octanol–water partition coefficient (Wildman–Crippen LogP) is 3.63. The Balaban J connectivity index is 1.44. The highest BCUT2D eigenvalue weighted by atomic mass is 32.2. The molecular formula is C23H33FN2O5S. The summed E-state index contributed by atoms with van der Waals surface area (Å²) in [4.78, 5) is 25.1. The highest BCUT2D eigenvalue weighted by molar-refractivity contribution is 7.91. The molecule has 9 heteroatoms. The second-order valence-electron chi connectivity index (χ2n) is 9.49. The van der Waals surface area contributed by atoms with Gasteiger partial charge in [0.15, 0.2) is 21.4 Å². The van der Waals surface area contributed by atoms with Crippen molar-refractivity contribution in [1.29, 1.82) is 0 Å². The molecule has 1 atom stereocenters. The van der Waals surface area contributed by atoms with E-state index < -0.39 is 27.2 Å². The molecule has 1 saturated heterocycles. The maximum absolute atomic E-state index is 14.0. The third-order valence-electron chi connectivity index (χ3n) is 6.23. The van der Waals surface area contributed by atoms with Crippen LogP contribution in [0.3, 0.4) is 0 Å². The number of unbranched alkanes of at least 4 members (excludes halogenated alkanes) is 2. The molecule has 0 unspecified atom stereocenters. The molecule has 2 fully saturated rings. The molecule has 0 spiro atoms. The third kappa shape index (κ3) is 6.21. The first-order chi connectivity index (χ1) is 15.0. The maximum atomic E-state index is 14.0. The van der Waals surface area contributed by atoms with Crippen molar-refractivity contribution in [3.8, 4) is 5.75 Å². The van der Waals surface area contributed by atoms with Crippen LogP contribution in [0.25, 0.3) is 0 Å². The van der Waals surface area contributed by atoms with Crippen LogP contribution in [0.2, 0.25) is 0 Å². The van der Waals surface area contributed by atoms with Crippen molar-refractivity contribution in [3.63, 3.8) is 0 Å². The fourth-order valence-corrected chi connectivity index (χ4v) is 5.60. The summed E-state index contributed by atoms with van der Waals surface area (Å²) >= 11 is 0. The van der Waals surface area contributed by atoms with E-state index in [9.17, 15) is 22.4 Å². The Morgan fingerprint density at radius 3 is 2.56 bits per heavy atom. The fourth-order valence-electron chi connectivity index (χ4n) is 3.83. The van der Waals surface area contributed by atoms with E-state index in [1.165, 1.54) is 11.0 Å². The van der Waals surface area contributed by atoms with Crippen LogP contribution in [-0.2, 0) is 14.6 Å². The Morgan fingerprint density at radius 1 is 1.22 bits per heavy atom. The van der Waals surface area contributed by atoms with E-state index in [0.717, 1.165) is 18.4 Å². The largest absolute Gasteiger partial charge is 0.490 e. The average molecular weight is 469 g/mol. The molecule has 1 aromatic carbocycles. The van der Waals surface area contributed by atoms with Crippen molar-refractivity contribution in [2.45, 2.75) is 64.3 Å². The summed E-state index contributed by atoms with van der Waals surface area (Å²) in [6.45, 7) is 6.10. The summed E-state index contributed by atoms with van der Waals surface area (Å²) in [6, 6.07) is 4.16. The van der Waals surface area contributed by atoms with Gasteiger partial charge in [-0.1, -0.05) is 19.4 Å². The summed E-state index contributed by atoms with van der Waals surface area (Å²) < 4.78 is 44.7. The van der Waals surface area contributed by atoms with Crippen LogP contribution in [0.4, 0.5) is 9.18 Å². The van der Waals surface area contributed by atoms with E-state index in [0.29, 0.717) is 38.3 Å². The molecule has 1 heterocycles. The quantitative estimate of drug-likeness (QED) is 0.374. The summed E-state index contributed by atoms with van der Waals surface area (Å²) in [5.41, 5.74) is -0.137. The first kappa shape index (κ1) is 24.5. The first-order valence-electron chi connectivity index (χ1n) is 11.3. The lowest BCUT2D eigenvalue weighted by Gasteiger charge is -2.27. The zero-order chi connectivity index (χ0) is 23.5. The number of nitrogens with zero attached hydrogens (tertiary/aromatic N) is 1. The Hall–Kier alpha value is -2.16. The van der Waals surface area contributed by atoms with E-state index in [1.54, 1.807) is 26.0 Å². The standard InChI is InChI=1S/C23H33FN2O5S/c1-16(18-9-10-19(24)20(13-18)31-14-17-7-8-17)15-32(29,30)12-6-4-5-11-26-22(28)25-21(27)23(26,2)3/h9-10,13,16-17H,4-8,11-12,14-15H2,1-3H3,(H,25,27,28)/t16-/m0/s1. The number of hydrogen-bond donors (Lipinski definition) is 1. The number of hydrogen-bond acceptors (Lipinski definition) is 5. The van der Waals surface area contributed by atoms with Gasteiger partial charge in [0.05, 0.1) is 18.1 Å². The molecular weight excluding hydrogens is 435 g/mol. The Kier molecular flexibility index (Phi) is 7.47. The number of carbonyl (C=O) groups excluding carboxylic acids is 2. The number of sulfone groups is 1. The molecule has 1 aromatic rings. The fraction of sp³-hybridized carbons (Fsp3) is 0.652. The monoisotopic (exact) mass is 468 g/mol. The molecule has 0 radical (unpaired) electrons. The van der Waals surface area contributed by atoms with E-state index in [-0.39, 0.29) is 29.1 Å². The lowest BCUT2D eigenvalue weighted by Crippen LogP contribution is -2.44. The minimum Gasteiger partial charge on any atom is -0.490 e. The van der Waals surface area contributed by atoms with Crippen molar-refractivity contribution in [3.05, 3.63) is 29.6 Å². The zero-order valence-corrected chi connectivity index (χ0v) is 19.8. The Labute approximate surface area is 189 Å². The molecule has 178 valence electrons. The van der Waals surface area contributed by atoms with Crippen LogP contribution in [0, 0.1) is 11.7 Å². The lowest BCUT2D eigenvalue weighted by molar-refractivity contribution is -0.125. The normalized spacial score (nSPS) is 19.2. The van der Waals surface area contributed by atoms with E-state index in [1.807, 2.05) is 6.92 Å². The molecule has 3 amide bonds. The number of carbonyl (C=O) groups is 2. The van der Waals surface area contributed by atoms with Gasteiger partial charge in [-0.15, -0.1) is 0 Å². The zero-order valence-electron chi connectivity index (χ0n) is 19.0. The van der Waals surface area contributed by atoms with Gasteiger partial charge in [-0.3, -0.25) is 10.1 Å². The molecule has 7 nitrogen and oxygen atoms in total. The second-order valence-corrected chi connectivity index (χ2v) is 11.7. The molecule has 3 rings (SSSR count). The number of halogens is 1. The van der Waals surface area contributed by atoms with Gasteiger partial charge in [-0.25, -0.2) is 17.6 Å². The molecule has 0 bridgehead atoms. The van der Waals surface area contributed by atoms with Crippen molar-refractivity contribution < 1.29 is 27.1 Å². The van der Waals surface area contributed by atoms with Gasteiger partial charge < -0.3 is 9.64 Å². The van der Waals surface area contributed by atoms with Crippen LogP contribution in [-0.4, -0.2) is 55.5 Å². The van der Waals surface area contributed by atoms with Crippen molar-refractivity contribution in [1.82, 2.24) is 10.2 Å². The molecule has 1 saturated carbocycles. The number of amides is 3. The lowest BCUT2D eigenvalue weighted by atomic mass is 10.0.